The maximum atomic E-state index is 12.7. The number of rotatable bonds is 7. The molecule has 1 aromatic rings. The van der Waals surface area contributed by atoms with E-state index >= 15 is 0 Å². The van der Waals surface area contributed by atoms with Crippen molar-refractivity contribution < 1.29 is 9.59 Å². The van der Waals surface area contributed by atoms with E-state index in [4.69, 9.17) is 11.1 Å². The summed E-state index contributed by atoms with van der Waals surface area (Å²) in [5, 5.41) is 10.2. The molecule has 0 spiro atoms. The lowest BCUT2D eigenvalue weighted by Crippen LogP contribution is -2.51. The van der Waals surface area contributed by atoms with E-state index in [9.17, 15) is 9.59 Å². The monoisotopic (exact) mass is 330 g/mol. The summed E-state index contributed by atoms with van der Waals surface area (Å²) in [4.78, 5) is 26.7. The standard InChI is InChI=1S/C18H26N4O2/c1-13-6-5-11-22(13)18(24)15(12-16(19)20)21-17(23)10-9-14-7-3-2-4-8-14/h2-4,7-8,13,15H,5-6,9-12H2,1H3,(H3,19,20)(H,21,23)/t13-,15+/m1/s1. The van der Waals surface area contributed by atoms with Gasteiger partial charge < -0.3 is 16.0 Å². The SMILES string of the molecule is C[C@@H]1CCCN1C(=O)[C@H](CC(=N)N)NC(=O)CCc1ccccc1. The van der Waals surface area contributed by atoms with Crippen molar-refractivity contribution >= 4 is 17.6 Å². The van der Waals surface area contributed by atoms with Crippen LogP contribution in [-0.4, -0.2) is 41.2 Å². The van der Waals surface area contributed by atoms with Crippen molar-refractivity contribution in [3.8, 4) is 0 Å². The van der Waals surface area contributed by atoms with E-state index in [0.29, 0.717) is 19.4 Å². The van der Waals surface area contributed by atoms with Gasteiger partial charge in [-0.15, -0.1) is 0 Å². The van der Waals surface area contributed by atoms with Crippen LogP contribution in [0.3, 0.4) is 0 Å². The second-order valence-electron chi connectivity index (χ2n) is 6.36. The van der Waals surface area contributed by atoms with Crippen molar-refractivity contribution in [2.24, 2.45) is 5.73 Å². The molecule has 4 N–H and O–H groups in total. The van der Waals surface area contributed by atoms with Gasteiger partial charge in [-0.05, 0) is 31.7 Å². The Labute approximate surface area is 142 Å². The Kier molecular flexibility index (Phi) is 6.35. The fourth-order valence-corrected chi connectivity index (χ4v) is 3.05. The second-order valence-corrected chi connectivity index (χ2v) is 6.36. The van der Waals surface area contributed by atoms with E-state index in [0.717, 1.165) is 18.4 Å². The lowest BCUT2D eigenvalue weighted by Gasteiger charge is -2.27. The topological polar surface area (TPSA) is 99.3 Å². The van der Waals surface area contributed by atoms with E-state index in [1.165, 1.54) is 0 Å². The number of hydrogen-bond donors (Lipinski definition) is 3. The number of amides is 2. The fraction of sp³-hybridized carbons (Fsp3) is 0.500. The van der Waals surface area contributed by atoms with E-state index in [-0.39, 0.29) is 30.1 Å². The minimum Gasteiger partial charge on any atom is -0.388 e. The Balaban J connectivity index is 1.93. The Hall–Kier alpha value is -2.37. The first-order chi connectivity index (χ1) is 11.5. The van der Waals surface area contributed by atoms with Crippen LogP contribution in [0.15, 0.2) is 30.3 Å². The van der Waals surface area contributed by atoms with Gasteiger partial charge >= 0.3 is 0 Å². The van der Waals surface area contributed by atoms with Crippen LogP contribution in [0.2, 0.25) is 0 Å². The van der Waals surface area contributed by atoms with Crippen LogP contribution >= 0.6 is 0 Å². The van der Waals surface area contributed by atoms with E-state index in [1.54, 1.807) is 4.90 Å². The zero-order chi connectivity index (χ0) is 17.5. The van der Waals surface area contributed by atoms with Gasteiger partial charge in [0.05, 0.1) is 5.84 Å². The van der Waals surface area contributed by atoms with E-state index < -0.39 is 6.04 Å². The molecule has 0 unspecified atom stereocenters. The summed E-state index contributed by atoms with van der Waals surface area (Å²) in [7, 11) is 0. The highest BCUT2D eigenvalue weighted by Crippen LogP contribution is 2.18. The molecule has 2 rings (SSSR count). The minimum atomic E-state index is -0.744. The molecule has 1 saturated heterocycles. The molecule has 6 nitrogen and oxygen atoms in total. The van der Waals surface area contributed by atoms with Crippen LogP contribution in [0.1, 0.15) is 38.2 Å². The predicted octanol–water partition coefficient (Wildman–Crippen LogP) is 1.44. The number of nitrogens with one attached hydrogen (secondary N) is 2. The quantitative estimate of drug-likeness (QED) is 0.521. The van der Waals surface area contributed by atoms with Crippen LogP contribution in [0.5, 0.6) is 0 Å². The van der Waals surface area contributed by atoms with Crippen LogP contribution < -0.4 is 11.1 Å². The van der Waals surface area contributed by atoms with Gasteiger partial charge in [-0.25, -0.2) is 0 Å². The fourth-order valence-electron chi connectivity index (χ4n) is 3.05. The molecule has 1 fully saturated rings. The van der Waals surface area contributed by atoms with E-state index in [1.807, 2.05) is 37.3 Å². The summed E-state index contributed by atoms with van der Waals surface area (Å²) >= 11 is 0. The Morgan fingerprint density at radius 2 is 2.08 bits per heavy atom. The molecule has 1 aromatic carbocycles. The molecule has 2 atom stereocenters. The summed E-state index contributed by atoms with van der Waals surface area (Å²) < 4.78 is 0. The van der Waals surface area contributed by atoms with Gasteiger partial charge in [0.15, 0.2) is 0 Å². The normalized spacial score (nSPS) is 18.2. The molecule has 1 aliphatic rings. The van der Waals surface area contributed by atoms with Gasteiger partial charge in [0.2, 0.25) is 11.8 Å². The first-order valence-electron chi connectivity index (χ1n) is 8.44. The molecule has 0 aromatic heterocycles. The molecule has 1 heterocycles. The number of nitrogens with two attached hydrogens (primary N) is 1. The van der Waals surface area contributed by atoms with Crippen molar-refractivity contribution in [2.75, 3.05) is 6.54 Å². The number of nitrogens with zero attached hydrogens (tertiary/aromatic N) is 1. The highest BCUT2D eigenvalue weighted by atomic mass is 16.2. The number of hydrogen-bond acceptors (Lipinski definition) is 3. The summed E-state index contributed by atoms with van der Waals surface area (Å²) in [6.45, 7) is 2.71. The second kappa shape index (κ2) is 8.47. The van der Waals surface area contributed by atoms with Crippen molar-refractivity contribution in [3.05, 3.63) is 35.9 Å². The Morgan fingerprint density at radius 3 is 2.67 bits per heavy atom. The molecule has 0 saturated carbocycles. The summed E-state index contributed by atoms with van der Waals surface area (Å²) in [6, 6.07) is 9.17. The van der Waals surface area contributed by atoms with Gasteiger partial charge in [-0.1, -0.05) is 30.3 Å². The molecule has 130 valence electrons. The van der Waals surface area contributed by atoms with Crippen molar-refractivity contribution in [1.29, 1.82) is 5.41 Å². The molecule has 0 radical (unpaired) electrons. The first kappa shape index (κ1) is 18.0. The van der Waals surface area contributed by atoms with Crippen molar-refractivity contribution in [2.45, 2.75) is 51.1 Å². The average Bonchev–Trinajstić information content (AvgIpc) is 2.98. The van der Waals surface area contributed by atoms with Crippen molar-refractivity contribution in [3.63, 3.8) is 0 Å². The minimum absolute atomic E-state index is 0.0547. The molecule has 2 amide bonds. The maximum Gasteiger partial charge on any atom is 0.245 e. The van der Waals surface area contributed by atoms with Crippen LogP contribution in [-0.2, 0) is 16.0 Å². The number of likely N-dealkylation sites (tertiary alicyclic amines) is 1. The van der Waals surface area contributed by atoms with Crippen LogP contribution in [0.25, 0.3) is 0 Å². The van der Waals surface area contributed by atoms with Gasteiger partial charge in [-0.3, -0.25) is 15.0 Å². The van der Waals surface area contributed by atoms with Gasteiger partial charge in [0.1, 0.15) is 6.04 Å². The molecular weight excluding hydrogens is 304 g/mol. The summed E-state index contributed by atoms with van der Waals surface area (Å²) in [5.41, 5.74) is 6.55. The van der Waals surface area contributed by atoms with E-state index in [2.05, 4.69) is 5.32 Å². The lowest BCUT2D eigenvalue weighted by atomic mass is 10.1. The molecule has 0 aliphatic carbocycles. The van der Waals surface area contributed by atoms with Gasteiger partial charge in [0.25, 0.3) is 0 Å². The molecular formula is C18H26N4O2. The highest BCUT2D eigenvalue weighted by Gasteiger charge is 2.31. The average molecular weight is 330 g/mol. The zero-order valence-electron chi connectivity index (χ0n) is 14.1. The Morgan fingerprint density at radius 1 is 1.38 bits per heavy atom. The zero-order valence-corrected chi connectivity index (χ0v) is 14.1. The summed E-state index contributed by atoms with van der Waals surface area (Å²) in [6.07, 6.45) is 2.93. The first-order valence-corrected chi connectivity index (χ1v) is 8.44. The number of carbonyl (C=O) groups excluding carboxylic acids is 2. The largest absolute Gasteiger partial charge is 0.388 e. The van der Waals surface area contributed by atoms with Crippen LogP contribution in [0.4, 0.5) is 0 Å². The van der Waals surface area contributed by atoms with Gasteiger partial charge in [0, 0.05) is 25.4 Å². The molecule has 6 heteroatoms. The third-order valence-electron chi connectivity index (χ3n) is 4.38. The number of aryl methyl sites for hydroxylation is 1. The highest BCUT2D eigenvalue weighted by molar-refractivity contribution is 5.92. The smallest absolute Gasteiger partial charge is 0.245 e. The maximum absolute atomic E-state index is 12.7. The number of amidine groups is 1. The molecule has 24 heavy (non-hydrogen) atoms. The Bertz CT molecular complexity index is 588. The third kappa shape index (κ3) is 5.08. The molecule has 1 aliphatic heterocycles. The number of carbonyl (C=O) groups is 2. The lowest BCUT2D eigenvalue weighted by molar-refractivity contribution is -0.136. The third-order valence-corrected chi connectivity index (χ3v) is 4.38. The van der Waals surface area contributed by atoms with Gasteiger partial charge in [-0.2, -0.15) is 0 Å². The van der Waals surface area contributed by atoms with Crippen LogP contribution in [0, 0.1) is 5.41 Å². The summed E-state index contributed by atoms with van der Waals surface area (Å²) in [5.74, 6) is -0.419. The molecule has 0 bridgehead atoms. The van der Waals surface area contributed by atoms with Crippen molar-refractivity contribution in [1.82, 2.24) is 10.2 Å². The predicted molar refractivity (Wildman–Crippen MR) is 93.6 cm³/mol. The number of benzene rings is 1.